The maximum absolute atomic E-state index is 13.5. The van der Waals surface area contributed by atoms with Gasteiger partial charge in [-0.25, -0.2) is 9.36 Å². The molecule has 1 aliphatic carbocycles. The fourth-order valence-electron chi connectivity index (χ4n) is 5.11. The molecule has 0 saturated carbocycles. The maximum atomic E-state index is 13.5. The van der Waals surface area contributed by atoms with E-state index in [0.717, 1.165) is 68.1 Å². The second-order valence-corrected chi connectivity index (χ2v) is 9.90. The van der Waals surface area contributed by atoms with Crippen LogP contribution in [0.4, 0.5) is 0 Å². The highest BCUT2D eigenvalue weighted by Crippen LogP contribution is 2.32. The van der Waals surface area contributed by atoms with Crippen molar-refractivity contribution < 1.29 is 4.79 Å². The van der Waals surface area contributed by atoms with Gasteiger partial charge in [-0.1, -0.05) is 6.42 Å². The Morgan fingerprint density at radius 1 is 0.938 bits per heavy atom. The number of amides is 1. The van der Waals surface area contributed by atoms with Gasteiger partial charge in [-0.05, 0) is 68.4 Å². The third-order valence-corrected chi connectivity index (χ3v) is 7.96. The molecular formula is C24H24N4O3S. The lowest BCUT2D eigenvalue weighted by Crippen LogP contribution is -2.33. The first-order chi connectivity index (χ1) is 15.6. The molecule has 3 aromatic heterocycles. The Hall–Kier alpha value is -3.13. The van der Waals surface area contributed by atoms with Gasteiger partial charge in [0.25, 0.3) is 11.5 Å². The molecule has 0 radical (unpaired) electrons. The van der Waals surface area contributed by atoms with Crippen molar-refractivity contribution >= 4 is 38.4 Å². The first kappa shape index (κ1) is 19.5. The molecule has 0 atom stereocenters. The number of hydrogen-bond donors (Lipinski definition) is 2. The van der Waals surface area contributed by atoms with Gasteiger partial charge >= 0.3 is 5.69 Å². The lowest BCUT2D eigenvalue weighted by Gasteiger charge is -2.13. The molecule has 4 heterocycles. The van der Waals surface area contributed by atoms with Crippen LogP contribution in [-0.4, -0.2) is 38.4 Å². The van der Waals surface area contributed by atoms with Crippen molar-refractivity contribution in [1.82, 2.24) is 19.4 Å². The third kappa shape index (κ3) is 3.04. The molecule has 0 spiro atoms. The molecule has 4 aromatic rings. The quantitative estimate of drug-likeness (QED) is 0.458. The van der Waals surface area contributed by atoms with Gasteiger partial charge in [-0.3, -0.25) is 14.6 Å². The van der Waals surface area contributed by atoms with Crippen molar-refractivity contribution in [1.29, 1.82) is 0 Å². The number of rotatable bonds is 2. The van der Waals surface area contributed by atoms with Gasteiger partial charge in [0, 0.05) is 28.9 Å². The Bertz CT molecular complexity index is 1480. The fraction of sp³-hybridized carbons (Fsp3) is 0.375. The van der Waals surface area contributed by atoms with E-state index in [0.29, 0.717) is 21.6 Å². The number of aryl methyl sites for hydroxylation is 2. The molecule has 6 rings (SSSR count). The minimum absolute atomic E-state index is 0.00218. The van der Waals surface area contributed by atoms with Crippen LogP contribution in [0.25, 0.3) is 26.8 Å². The summed E-state index contributed by atoms with van der Waals surface area (Å²) in [5.41, 5.74) is 2.29. The summed E-state index contributed by atoms with van der Waals surface area (Å²) >= 11 is 1.55. The highest BCUT2D eigenvalue weighted by molar-refractivity contribution is 7.18. The van der Waals surface area contributed by atoms with Gasteiger partial charge in [0.2, 0.25) is 0 Å². The zero-order chi connectivity index (χ0) is 21.8. The average molecular weight is 449 g/mol. The smallest absolute Gasteiger partial charge is 0.334 e. The number of carbonyl (C=O) groups is 1. The predicted molar refractivity (Wildman–Crippen MR) is 126 cm³/mol. The highest BCUT2D eigenvalue weighted by Gasteiger charge is 2.22. The number of H-pyrrole nitrogens is 2. The third-order valence-electron chi connectivity index (χ3n) is 6.75. The van der Waals surface area contributed by atoms with E-state index in [1.54, 1.807) is 23.5 Å². The highest BCUT2D eigenvalue weighted by atomic mass is 32.1. The van der Waals surface area contributed by atoms with Gasteiger partial charge in [0.1, 0.15) is 10.5 Å². The lowest BCUT2D eigenvalue weighted by molar-refractivity contribution is 0.0788. The van der Waals surface area contributed by atoms with E-state index in [-0.39, 0.29) is 11.5 Å². The molecule has 0 bridgehead atoms. The average Bonchev–Trinajstić information content (AvgIpc) is 3.49. The first-order valence-corrected chi connectivity index (χ1v) is 12.1. The molecule has 1 amide bonds. The molecule has 1 aromatic carbocycles. The molecule has 0 unspecified atom stereocenters. The number of hydrogen-bond acceptors (Lipinski definition) is 4. The summed E-state index contributed by atoms with van der Waals surface area (Å²) in [5, 5.41) is 1.46. The Morgan fingerprint density at radius 3 is 2.59 bits per heavy atom. The number of aromatic amines is 2. The zero-order valence-corrected chi connectivity index (χ0v) is 18.5. The summed E-state index contributed by atoms with van der Waals surface area (Å²) in [5.74, 6) is -0.00218. The van der Waals surface area contributed by atoms with Gasteiger partial charge < -0.3 is 9.88 Å². The molecular weight excluding hydrogens is 424 g/mol. The van der Waals surface area contributed by atoms with Crippen molar-refractivity contribution in [2.24, 2.45) is 0 Å². The number of nitrogens with one attached hydrogen (secondary N) is 2. The van der Waals surface area contributed by atoms with Crippen molar-refractivity contribution in [3.63, 3.8) is 0 Å². The van der Waals surface area contributed by atoms with Crippen molar-refractivity contribution in [2.45, 2.75) is 44.9 Å². The zero-order valence-electron chi connectivity index (χ0n) is 17.7. The van der Waals surface area contributed by atoms with Crippen LogP contribution in [0.5, 0.6) is 0 Å². The van der Waals surface area contributed by atoms with E-state index in [1.165, 1.54) is 15.9 Å². The Labute approximate surface area is 187 Å². The molecule has 2 aliphatic rings. The second kappa shape index (κ2) is 7.48. The Morgan fingerprint density at radius 2 is 1.75 bits per heavy atom. The van der Waals surface area contributed by atoms with Crippen molar-refractivity contribution in [3.05, 3.63) is 61.2 Å². The summed E-state index contributed by atoms with van der Waals surface area (Å²) in [7, 11) is 0. The number of carbonyl (C=O) groups excluding carboxylic acids is 1. The topological polar surface area (TPSA) is 91.0 Å². The van der Waals surface area contributed by atoms with E-state index in [2.05, 4.69) is 9.97 Å². The normalized spacial score (nSPS) is 16.6. The SMILES string of the molecule is O=C(c1cc2cc(-n3c(=O)[nH]c4sc5c(c4c3=O)CCCCC5)ccc2[nH]1)N1CCCC1. The molecule has 8 heteroatoms. The summed E-state index contributed by atoms with van der Waals surface area (Å²) in [6, 6.07) is 7.21. The molecule has 32 heavy (non-hydrogen) atoms. The lowest BCUT2D eigenvalue weighted by atomic mass is 10.1. The van der Waals surface area contributed by atoms with E-state index >= 15 is 0 Å². The second-order valence-electron chi connectivity index (χ2n) is 8.79. The van der Waals surface area contributed by atoms with E-state index < -0.39 is 5.69 Å². The molecule has 7 nitrogen and oxygen atoms in total. The van der Waals surface area contributed by atoms with E-state index in [4.69, 9.17) is 0 Å². The van der Waals surface area contributed by atoms with Gasteiger partial charge in [-0.2, -0.15) is 0 Å². The fourth-order valence-corrected chi connectivity index (χ4v) is 6.38. The molecule has 2 N–H and O–H groups in total. The van der Waals surface area contributed by atoms with Gasteiger partial charge in [0.15, 0.2) is 0 Å². The van der Waals surface area contributed by atoms with E-state index in [9.17, 15) is 14.4 Å². The van der Waals surface area contributed by atoms with Gasteiger partial charge in [0.05, 0.1) is 11.1 Å². The number of likely N-dealkylation sites (tertiary alicyclic amines) is 1. The minimum atomic E-state index is -0.429. The Balaban J connectivity index is 1.47. The standard InChI is InChI=1S/C24H24N4O3S/c29-22(27-10-4-5-11-27)18-13-14-12-15(8-9-17(14)25-18)28-23(30)20-16-6-2-1-3-7-19(16)32-21(20)26-24(28)31/h8-9,12-13,25H,1-7,10-11H2,(H,26,31). The minimum Gasteiger partial charge on any atom is -0.351 e. The monoisotopic (exact) mass is 448 g/mol. The number of fused-ring (bicyclic) bond motifs is 4. The summed E-state index contributed by atoms with van der Waals surface area (Å²) in [6.07, 6.45) is 7.30. The number of aromatic nitrogens is 3. The Kier molecular flexibility index (Phi) is 4.57. The number of thiophene rings is 1. The molecule has 1 saturated heterocycles. The van der Waals surface area contributed by atoms with Crippen molar-refractivity contribution in [3.8, 4) is 5.69 Å². The largest absolute Gasteiger partial charge is 0.351 e. The van der Waals surface area contributed by atoms with Crippen LogP contribution < -0.4 is 11.2 Å². The number of nitrogens with zero attached hydrogens (tertiary/aromatic N) is 2. The van der Waals surface area contributed by atoms with Crippen LogP contribution in [0.3, 0.4) is 0 Å². The summed E-state index contributed by atoms with van der Waals surface area (Å²) in [4.78, 5) is 49.1. The maximum Gasteiger partial charge on any atom is 0.334 e. The number of benzene rings is 1. The molecule has 1 aliphatic heterocycles. The molecule has 1 fully saturated rings. The first-order valence-electron chi connectivity index (χ1n) is 11.3. The van der Waals surface area contributed by atoms with Crippen LogP contribution in [-0.2, 0) is 12.8 Å². The van der Waals surface area contributed by atoms with Crippen molar-refractivity contribution in [2.75, 3.05) is 13.1 Å². The molecule has 164 valence electrons. The van der Waals surface area contributed by atoms with Crippen LogP contribution in [0.15, 0.2) is 33.9 Å². The van der Waals surface area contributed by atoms with Crippen LogP contribution in [0, 0.1) is 0 Å². The van der Waals surface area contributed by atoms with E-state index in [1.807, 2.05) is 17.0 Å². The summed E-state index contributed by atoms with van der Waals surface area (Å²) in [6.45, 7) is 1.57. The predicted octanol–water partition coefficient (Wildman–Crippen LogP) is 3.73. The summed E-state index contributed by atoms with van der Waals surface area (Å²) < 4.78 is 1.23. The van der Waals surface area contributed by atoms with Gasteiger partial charge in [-0.15, -0.1) is 11.3 Å². The van der Waals surface area contributed by atoms with Crippen LogP contribution in [0.1, 0.15) is 53.0 Å². The van der Waals surface area contributed by atoms with Crippen LogP contribution >= 0.6 is 11.3 Å². The van der Waals surface area contributed by atoms with Crippen LogP contribution in [0.2, 0.25) is 0 Å².